The van der Waals surface area contributed by atoms with Crippen molar-refractivity contribution in [2.45, 2.75) is 37.6 Å². The van der Waals surface area contributed by atoms with Crippen LogP contribution in [0.3, 0.4) is 0 Å². The number of nitrogens with zero attached hydrogens (tertiary/aromatic N) is 4. The molecule has 1 saturated heterocycles. The molecule has 7 nitrogen and oxygen atoms in total. The number of carbonyl (C=O) groups excluding carboxylic acids is 1. The van der Waals surface area contributed by atoms with Crippen molar-refractivity contribution in [2.24, 2.45) is 0 Å². The summed E-state index contributed by atoms with van der Waals surface area (Å²) in [5, 5.41) is 12.4. The van der Waals surface area contributed by atoms with Crippen LogP contribution >= 0.6 is 11.8 Å². The fourth-order valence-electron chi connectivity index (χ4n) is 3.30. The van der Waals surface area contributed by atoms with Gasteiger partial charge in [-0.15, -0.1) is 10.2 Å². The highest BCUT2D eigenvalue weighted by Gasteiger charge is 2.22. The zero-order valence-electron chi connectivity index (χ0n) is 16.2. The van der Waals surface area contributed by atoms with Gasteiger partial charge in [0.2, 0.25) is 5.91 Å². The van der Waals surface area contributed by atoms with E-state index in [-0.39, 0.29) is 17.8 Å². The van der Waals surface area contributed by atoms with E-state index in [1.165, 1.54) is 11.8 Å². The van der Waals surface area contributed by atoms with E-state index in [0.29, 0.717) is 11.7 Å². The summed E-state index contributed by atoms with van der Waals surface area (Å²) in [6.07, 6.45) is 5.71. The van der Waals surface area contributed by atoms with Gasteiger partial charge in [0.25, 0.3) is 0 Å². The molecule has 0 radical (unpaired) electrons. The van der Waals surface area contributed by atoms with Crippen LogP contribution in [0.1, 0.15) is 18.4 Å². The summed E-state index contributed by atoms with van der Waals surface area (Å²) >= 11 is 1.39. The van der Waals surface area contributed by atoms with Gasteiger partial charge in [0.1, 0.15) is 0 Å². The van der Waals surface area contributed by atoms with Gasteiger partial charge in [-0.25, -0.2) is 0 Å². The van der Waals surface area contributed by atoms with Crippen LogP contribution in [-0.2, 0) is 16.1 Å². The summed E-state index contributed by atoms with van der Waals surface area (Å²) < 4.78 is 7.87. The number of ether oxygens (including phenoxy) is 1. The van der Waals surface area contributed by atoms with Gasteiger partial charge in [0, 0.05) is 30.3 Å². The third kappa shape index (κ3) is 4.83. The molecule has 1 N–H and O–H groups in total. The van der Waals surface area contributed by atoms with Crippen molar-refractivity contribution >= 4 is 23.4 Å². The smallest absolute Gasteiger partial charge is 0.234 e. The predicted molar refractivity (Wildman–Crippen MR) is 113 cm³/mol. The average Bonchev–Trinajstić information content (AvgIpc) is 3.39. The molecule has 1 atom stereocenters. The van der Waals surface area contributed by atoms with Crippen LogP contribution in [0.15, 0.2) is 53.9 Å². The lowest BCUT2D eigenvalue weighted by atomic mass is 10.2. The monoisotopic (exact) mass is 409 g/mol. The number of para-hydroxylation sites is 1. The highest BCUT2D eigenvalue weighted by atomic mass is 32.2. The number of carbonyl (C=O) groups is 1. The van der Waals surface area contributed by atoms with Crippen molar-refractivity contribution in [3.05, 3.63) is 54.4 Å². The zero-order valence-corrected chi connectivity index (χ0v) is 17.1. The molecule has 150 valence electrons. The maximum atomic E-state index is 12.4. The molecule has 3 heterocycles. The summed E-state index contributed by atoms with van der Waals surface area (Å²) in [6, 6.07) is 11.6. The SMILES string of the molecule is Cc1ccccc1NC(=O)CSc1nnc(-c2ccncc2)n1C[C@@H]1CCCO1. The Labute approximate surface area is 173 Å². The van der Waals surface area contributed by atoms with Crippen LogP contribution in [0.4, 0.5) is 5.69 Å². The van der Waals surface area contributed by atoms with Gasteiger partial charge >= 0.3 is 0 Å². The zero-order chi connectivity index (χ0) is 20.1. The summed E-state index contributed by atoms with van der Waals surface area (Å²) in [5.74, 6) is 0.958. The Bertz CT molecular complexity index is 970. The molecule has 4 rings (SSSR count). The molecule has 1 aliphatic heterocycles. The normalized spacial score (nSPS) is 16.1. The quantitative estimate of drug-likeness (QED) is 0.601. The first-order valence-electron chi connectivity index (χ1n) is 9.64. The van der Waals surface area contributed by atoms with E-state index in [9.17, 15) is 4.79 Å². The Kier molecular flexibility index (Phi) is 6.21. The van der Waals surface area contributed by atoms with E-state index < -0.39 is 0 Å². The Morgan fingerprint density at radius 3 is 2.83 bits per heavy atom. The number of pyridine rings is 1. The minimum Gasteiger partial charge on any atom is -0.376 e. The number of thioether (sulfide) groups is 1. The fraction of sp³-hybridized carbons (Fsp3) is 0.333. The Balaban J connectivity index is 1.49. The van der Waals surface area contributed by atoms with Crippen LogP contribution < -0.4 is 5.32 Å². The van der Waals surface area contributed by atoms with E-state index in [4.69, 9.17) is 4.74 Å². The third-order valence-electron chi connectivity index (χ3n) is 4.82. The second-order valence-corrected chi connectivity index (χ2v) is 7.88. The predicted octanol–water partition coefficient (Wildman–Crippen LogP) is 3.56. The molecule has 1 aromatic carbocycles. The van der Waals surface area contributed by atoms with Crippen LogP contribution in [0, 0.1) is 6.92 Å². The Hall–Kier alpha value is -2.71. The number of hydrogen-bond donors (Lipinski definition) is 1. The average molecular weight is 410 g/mol. The lowest BCUT2D eigenvalue weighted by Crippen LogP contribution is -2.18. The van der Waals surface area contributed by atoms with E-state index in [1.54, 1.807) is 12.4 Å². The second-order valence-electron chi connectivity index (χ2n) is 6.94. The van der Waals surface area contributed by atoms with E-state index in [0.717, 1.165) is 42.1 Å². The number of benzene rings is 1. The third-order valence-corrected chi connectivity index (χ3v) is 5.78. The molecule has 1 aliphatic rings. The summed E-state index contributed by atoms with van der Waals surface area (Å²) in [7, 11) is 0. The molecule has 0 aliphatic carbocycles. The number of hydrogen-bond acceptors (Lipinski definition) is 6. The molecule has 3 aromatic rings. The van der Waals surface area contributed by atoms with Crippen molar-refractivity contribution in [1.82, 2.24) is 19.7 Å². The maximum absolute atomic E-state index is 12.4. The molecule has 1 fully saturated rings. The first-order chi connectivity index (χ1) is 14.2. The van der Waals surface area contributed by atoms with Gasteiger partial charge in [-0.05, 0) is 43.5 Å². The van der Waals surface area contributed by atoms with Crippen molar-refractivity contribution in [3.63, 3.8) is 0 Å². The summed E-state index contributed by atoms with van der Waals surface area (Å²) in [4.78, 5) is 16.5. The standard InChI is InChI=1S/C21H23N5O2S/c1-15-5-2-3-7-18(15)23-19(27)14-29-21-25-24-20(16-8-10-22-11-9-16)26(21)13-17-6-4-12-28-17/h2-3,5,7-11,17H,4,6,12-14H2,1H3,(H,23,27)/t17-/m0/s1. The lowest BCUT2D eigenvalue weighted by Gasteiger charge is -2.14. The van der Waals surface area contributed by atoms with Crippen molar-refractivity contribution in [3.8, 4) is 11.4 Å². The first-order valence-corrected chi connectivity index (χ1v) is 10.6. The summed E-state index contributed by atoms with van der Waals surface area (Å²) in [6.45, 7) is 3.44. The number of nitrogens with one attached hydrogen (secondary N) is 1. The van der Waals surface area contributed by atoms with Crippen LogP contribution in [0.25, 0.3) is 11.4 Å². The molecule has 1 amide bonds. The molecule has 0 saturated carbocycles. The first kappa shape index (κ1) is 19.6. The molecular formula is C21H23N5O2S. The molecule has 0 unspecified atom stereocenters. The summed E-state index contributed by atoms with van der Waals surface area (Å²) in [5.41, 5.74) is 2.81. The van der Waals surface area contributed by atoms with Crippen LogP contribution in [0.5, 0.6) is 0 Å². The van der Waals surface area contributed by atoms with Crippen molar-refractivity contribution in [1.29, 1.82) is 0 Å². The van der Waals surface area contributed by atoms with Crippen molar-refractivity contribution in [2.75, 3.05) is 17.7 Å². The van der Waals surface area contributed by atoms with Crippen LogP contribution in [0.2, 0.25) is 0 Å². The van der Waals surface area contributed by atoms with E-state index in [1.807, 2.05) is 43.3 Å². The van der Waals surface area contributed by atoms with Gasteiger partial charge in [0.05, 0.1) is 18.4 Å². The molecule has 0 spiro atoms. The molecular weight excluding hydrogens is 386 g/mol. The lowest BCUT2D eigenvalue weighted by molar-refractivity contribution is -0.113. The molecule has 0 bridgehead atoms. The maximum Gasteiger partial charge on any atom is 0.234 e. The Morgan fingerprint density at radius 2 is 2.07 bits per heavy atom. The molecule has 29 heavy (non-hydrogen) atoms. The van der Waals surface area contributed by atoms with Gasteiger partial charge in [-0.1, -0.05) is 30.0 Å². The molecule has 8 heteroatoms. The van der Waals surface area contributed by atoms with E-state index >= 15 is 0 Å². The van der Waals surface area contributed by atoms with E-state index in [2.05, 4.69) is 25.1 Å². The Morgan fingerprint density at radius 1 is 1.24 bits per heavy atom. The largest absolute Gasteiger partial charge is 0.376 e. The van der Waals surface area contributed by atoms with Crippen molar-refractivity contribution < 1.29 is 9.53 Å². The van der Waals surface area contributed by atoms with Gasteiger partial charge in [-0.2, -0.15) is 0 Å². The minimum absolute atomic E-state index is 0.0681. The number of anilines is 1. The number of aryl methyl sites for hydroxylation is 1. The number of amides is 1. The van der Waals surface area contributed by atoms with Gasteiger partial charge in [0.15, 0.2) is 11.0 Å². The topological polar surface area (TPSA) is 81.9 Å². The highest BCUT2D eigenvalue weighted by Crippen LogP contribution is 2.26. The highest BCUT2D eigenvalue weighted by molar-refractivity contribution is 7.99. The minimum atomic E-state index is -0.0681. The van der Waals surface area contributed by atoms with Gasteiger partial charge < -0.3 is 10.1 Å². The fourth-order valence-corrected chi connectivity index (χ4v) is 4.04. The number of rotatable bonds is 7. The number of aromatic nitrogens is 4. The van der Waals surface area contributed by atoms with Crippen LogP contribution in [-0.4, -0.2) is 44.1 Å². The van der Waals surface area contributed by atoms with Gasteiger partial charge in [-0.3, -0.25) is 14.3 Å². The molecule has 2 aromatic heterocycles. The second kappa shape index (κ2) is 9.19.